The van der Waals surface area contributed by atoms with Crippen LogP contribution in [0.15, 0.2) is 18.2 Å². The molecule has 1 saturated carbocycles. The van der Waals surface area contributed by atoms with Gasteiger partial charge in [0.25, 0.3) is 5.91 Å². The zero-order valence-corrected chi connectivity index (χ0v) is 13.6. The van der Waals surface area contributed by atoms with Crippen molar-refractivity contribution in [2.45, 2.75) is 31.7 Å². The van der Waals surface area contributed by atoms with Gasteiger partial charge in [-0.25, -0.2) is 4.39 Å². The second-order valence-corrected chi connectivity index (χ2v) is 6.44. The van der Waals surface area contributed by atoms with Crippen LogP contribution in [0.5, 0.6) is 0 Å². The van der Waals surface area contributed by atoms with Gasteiger partial charge in [-0.05, 0) is 43.9 Å². The number of rotatable bonds is 7. The van der Waals surface area contributed by atoms with Crippen molar-refractivity contribution >= 4 is 23.4 Å². The largest absolute Gasteiger partial charge is 0.394 e. The number of benzene rings is 1. The van der Waals surface area contributed by atoms with Crippen LogP contribution in [-0.4, -0.2) is 35.6 Å². The Hall–Kier alpha value is -1.66. The van der Waals surface area contributed by atoms with Crippen molar-refractivity contribution in [3.8, 4) is 0 Å². The first-order valence-corrected chi connectivity index (χ1v) is 7.88. The van der Waals surface area contributed by atoms with Crippen LogP contribution in [0.2, 0.25) is 5.02 Å². The molecule has 0 aliphatic heterocycles. The van der Waals surface area contributed by atoms with Crippen LogP contribution in [0.1, 0.15) is 36.5 Å². The summed E-state index contributed by atoms with van der Waals surface area (Å²) in [5.41, 5.74) is -0.437. The third-order valence-corrected chi connectivity index (χ3v) is 4.36. The number of carbonyl (C=O) groups is 2. The van der Waals surface area contributed by atoms with Gasteiger partial charge >= 0.3 is 0 Å². The summed E-state index contributed by atoms with van der Waals surface area (Å²) < 4.78 is 12.9. The van der Waals surface area contributed by atoms with Gasteiger partial charge in [-0.3, -0.25) is 9.59 Å². The van der Waals surface area contributed by atoms with E-state index in [1.54, 1.807) is 0 Å². The molecule has 1 unspecified atom stereocenters. The van der Waals surface area contributed by atoms with Crippen LogP contribution < -0.4 is 10.6 Å². The molecule has 1 atom stereocenters. The molecule has 2 rings (SSSR count). The molecule has 0 aromatic heterocycles. The highest BCUT2D eigenvalue weighted by Crippen LogP contribution is 2.39. The molecule has 1 aromatic carbocycles. The maximum absolute atomic E-state index is 12.9. The summed E-state index contributed by atoms with van der Waals surface area (Å²) in [4.78, 5) is 23.9. The Labute approximate surface area is 139 Å². The Bertz CT molecular complexity index is 607. The summed E-state index contributed by atoms with van der Waals surface area (Å²) in [5, 5.41) is 14.8. The number of halogens is 2. The maximum atomic E-state index is 12.9. The Morgan fingerprint density at radius 3 is 2.70 bits per heavy atom. The lowest BCUT2D eigenvalue weighted by atomic mass is 9.97. The average Bonchev–Trinajstić information content (AvgIpc) is 3.31. The van der Waals surface area contributed by atoms with Gasteiger partial charge in [0.2, 0.25) is 5.91 Å². The van der Waals surface area contributed by atoms with Crippen molar-refractivity contribution in [1.29, 1.82) is 0 Å². The van der Waals surface area contributed by atoms with Gasteiger partial charge in [-0.15, -0.1) is 0 Å². The Kier molecular flexibility index (Phi) is 5.59. The highest BCUT2D eigenvalue weighted by Gasteiger charge is 2.41. The number of aliphatic hydroxyl groups excluding tert-OH is 1. The molecule has 0 radical (unpaired) electrons. The van der Waals surface area contributed by atoms with Gasteiger partial charge in [0, 0.05) is 13.0 Å². The molecule has 1 fully saturated rings. The highest BCUT2D eigenvalue weighted by atomic mass is 35.5. The summed E-state index contributed by atoms with van der Waals surface area (Å²) >= 11 is 5.81. The van der Waals surface area contributed by atoms with E-state index in [-0.39, 0.29) is 36.1 Å². The van der Waals surface area contributed by atoms with Crippen LogP contribution in [0.25, 0.3) is 0 Å². The molecule has 0 spiro atoms. The molecule has 1 aromatic rings. The number of nitrogens with one attached hydrogen (secondary N) is 2. The highest BCUT2D eigenvalue weighted by molar-refractivity contribution is 6.33. The first kappa shape index (κ1) is 17.7. The average molecular weight is 343 g/mol. The molecule has 2 amide bonds. The first-order chi connectivity index (χ1) is 10.9. The number of hydrogen-bond acceptors (Lipinski definition) is 3. The predicted octanol–water partition coefficient (Wildman–Crippen LogP) is 1.88. The normalized spacial score (nSPS) is 16.5. The minimum atomic E-state index is -0.596. The van der Waals surface area contributed by atoms with E-state index >= 15 is 0 Å². The SMILES string of the molecule is CC(CO)(NC(=O)CCNC(=O)c1ccc(F)cc1Cl)C1CC1. The van der Waals surface area contributed by atoms with E-state index in [9.17, 15) is 19.1 Å². The van der Waals surface area contributed by atoms with Gasteiger partial charge in [0.05, 0.1) is 22.7 Å². The predicted molar refractivity (Wildman–Crippen MR) is 84.7 cm³/mol. The molecule has 7 heteroatoms. The molecule has 126 valence electrons. The quantitative estimate of drug-likeness (QED) is 0.708. The van der Waals surface area contributed by atoms with Crippen LogP contribution in [0, 0.1) is 11.7 Å². The second kappa shape index (κ2) is 7.27. The van der Waals surface area contributed by atoms with Gasteiger partial charge < -0.3 is 15.7 Å². The van der Waals surface area contributed by atoms with Crippen molar-refractivity contribution in [3.05, 3.63) is 34.6 Å². The summed E-state index contributed by atoms with van der Waals surface area (Å²) in [6.07, 6.45) is 2.08. The fraction of sp³-hybridized carbons (Fsp3) is 0.500. The smallest absolute Gasteiger partial charge is 0.252 e. The fourth-order valence-electron chi connectivity index (χ4n) is 2.43. The molecule has 1 aliphatic carbocycles. The number of amides is 2. The van der Waals surface area contributed by atoms with Crippen LogP contribution in [0.4, 0.5) is 4.39 Å². The van der Waals surface area contributed by atoms with E-state index < -0.39 is 17.3 Å². The second-order valence-electron chi connectivity index (χ2n) is 6.03. The summed E-state index contributed by atoms with van der Waals surface area (Å²) in [5.74, 6) is -0.910. The molecule has 5 nitrogen and oxygen atoms in total. The van der Waals surface area contributed by atoms with E-state index in [0.717, 1.165) is 25.0 Å². The summed E-state index contributed by atoms with van der Waals surface area (Å²) in [6, 6.07) is 3.50. The summed E-state index contributed by atoms with van der Waals surface area (Å²) in [7, 11) is 0. The fourth-order valence-corrected chi connectivity index (χ4v) is 2.68. The Balaban J connectivity index is 1.80. The first-order valence-electron chi connectivity index (χ1n) is 7.51. The zero-order chi connectivity index (χ0) is 17.0. The maximum Gasteiger partial charge on any atom is 0.252 e. The van der Waals surface area contributed by atoms with E-state index in [1.807, 2.05) is 6.92 Å². The van der Waals surface area contributed by atoms with Crippen molar-refractivity contribution in [2.24, 2.45) is 5.92 Å². The molecule has 23 heavy (non-hydrogen) atoms. The molecule has 3 N–H and O–H groups in total. The van der Waals surface area contributed by atoms with Crippen LogP contribution >= 0.6 is 11.6 Å². The van der Waals surface area contributed by atoms with E-state index in [1.165, 1.54) is 6.07 Å². The van der Waals surface area contributed by atoms with Gasteiger partial charge in [-0.2, -0.15) is 0 Å². The number of carbonyl (C=O) groups excluding carboxylic acids is 2. The molecule has 0 bridgehead atoms. The van der Waals surface area contributed by atoms with Crippen LogP contribution in [0.3, 0.4) is 0 Å². The lowest BCUT2D eigenvalue weighted by Gasteiger charge is -2.28. The lowest BCUT2D eigenvalue weighted by Crippen LogP contribution is -2.51. The van der Waals surface area contributed by atoms with Gasteiger partial charge in [0.1, 0.15) is 5.82 Å². The topological polar surface area (TPSA) is 78.4 Å². The van der Waals surface area contributed by atoms with Crippen molar-refractivity contribution in [1.82, 2.24) is 10.6 Å². The van der Waals surface area contributed by atoms with Crippen molar-refractivity contribution < 1.29 is 19.1 Å². The van der Waals surface area contributed by atoms with E-state index in [4.69, 9.17) is 11.6 Å². The lowest BCUT2D eigenvalue weighted by molar-refractivity contribution is -0.123. The number of hydrogen-bond donors (Lipinski definition) is 3. The monoisotopic (exact) mass is 342 g/mol. The minimum absolute atomic E-state index is 0.0218. The number of aliphatic hydroxyl groups is 1. The molecule has 0 saturated heterocycles. The molecule has 0 heterocycles. The van der Waals surface area contributed by atoms with Crippen molar-refractivity contribution in [2.75, 3.05) is 13.2 Å². The zero-order valence-electron chi connectivity index (χ0n) is 12.9. The standard InChI is InChI=1S/C16H20ClFN2O3/c1-16(9-21,10-2-3-10)20-14(22)6-7-19-15(23)12-5-4-11(18)8-13(12)17/h4-5,8,10,21H,2-3,6-7,9H2,1H3,(H,19,23)(H,20,22). The Morgan fingerprint density at radius 2 is 2.13 bits per heavy atom. The molecular formula is C16H20ClFN2O3. The van der Waals surface area contributed by atoms with Crippen LogP contribution in [-0.2, 0) is 4.79 Å². The van der Waals surface area contributed by atoms with Crippen molar-refractivity contribution in [3.63, 3.8) is 0 Å². The third-order valence-electron chi connectivity index (χ3n) is 4.05. The Morgan fingerprint density at radius 1 is 1.43 bits per heavy atom. The summed E-state index contributed by atoms with van der Waals surface area (Å²) in [6.45, 7) is 1.84. The van der Waals surface area contributed by atoms with Gasteiger partial charge in [0.15, 0.2) is 0 Å². The van der Waals surface area contributed by atoms with E-state index in [0.29, 0.717) is 5.92 Å². The third kappa shape index (κ3) is 4.65. The molecular weight excluding hydrogens is 323 g/mol. The van der Waals surface area contributed by atoms with E-state index in [2.05, 4.69) is 10.6 Å². The minimum Gasteiger partial charge on any atom is -0.394 e. The van der Waals surface area contributed by atoms with Gasteiger partial charge in [-0.1, -0.05) is 11.6 Å². The molecule has 1 aliphatic rings.